The first-order chi connectivity index (χ1) is 12.6. The predicted molar refractivity (Wildman–Crippen MR) is 95.4 cm³/mol. The van der Waals surface area contributed by atoms with E-state index in [4.69, 9.17) is 14.0 Å². The number of carbonyl (C=O) groups is 1. The van der Waals surface area contributed by atoms with Gasteiger partial charge in [-0.15, -0.1) is 0 Å². The molecule has 4 rings (SSSR count). The van der Waals surface area contributed by atoms with Crippen LogP contribution >= 0.6 is 0 Å². The molecule has 1 aliphatic heterocycles. The second kappa shape index (κ2) is 6.76. The number of hydrogen-bond acceptors (Lipinski definition) is 5. The summed E-state index contributed by atoms with van der Waals surface area (Å²) in [5.74, 6) is 2.02. The molecule has 6 heteroatoms. The maximum atomic E-state index is 12.7. The third-order valence-corrected chi connectivity index (χ3v) is 5.35. The Morgan fingerprint density at radius 2 is 2.19 bits per heavy atom. The molecule has 6 nitrogen and oxygen atoms in total. The van der Waals surface area contributed by atoms with Crippen molar-refractivity contribution < 1.29 is 18.8 Å². The van der Waals surface area contributed by atoms with Crippen LogP contribution < -0.4 is 4.74 Å². The lowest BCUT2D eigenvalue weighted by Crippen LogP contribution is -2.42. The fourth-order valence-corrected chi connectivity index (χ4v) is 3.40. The number of rotatable bonds is 6. The monoisotopic (exact) mass is 356 g/mol. The molecule has 1 aromatic carbocycles. The Morgan fingerprint density at radius 1 is 1.38 bits per heavy atom. The van der Waals surface area contributed by atoms with Crippen molar-refractivity contribution in [2.45, 2.75) is 37.7 Å². The Bertz CT molecular complexity index is 799. The summed E-state index contributed by atoms with van der Waals surface area (Å²) >= 11 is 0. The zero-order valence-corrected chi connectivity index (χ0v) is 15.2. The van der Waals surface area contributed by atoms with Gasteiger partial charge < -0.3 is 18.9 Å². The second-order valence-corrected chi connectivity index (χ2v) is 7.31. The molecule has 0 N–H and O–H groups in total. The summed E-state index contributed by atoms with van der Waals surface area (Å²) in [7, 11) is 1.68. The van der Waals surface area contributed by atoms with E-state index in [0.717, 1.165) is 36.3 Å². The van der Waals surface area contributed by atoms with Crippen LogP contribution in [0.4, 0.5) is 0 Å². The zero-order valence-electron chi connectivity index (χ0n) is 15.2. The van der Waals surface area contributed by atoms with E-state index in [0.29, 0.717) is 31.3 Å². The highest BCUT2D eigenvalue weighted by Crippen LogP contribution is 2.40. The largest absolute Gasteiger partial charge is 0.490 e. The van der Waals surface area contributed by atoms with E-state index in [1.807, 2.05) is 31.2 Å². The zero-order chi connectivity index (χ0) is 18.1. The molecule has 0 unspecified atom stereocenters. The predicted octanol–water partition coefficient (Wildman–Crippen LogP) is 3.17. The average Bonchev–Trinajstić information content (AvgIpc) is 3.23. The third kappa shape index (κ3) is 3.33. The molecule has 2 fully saturated rings. The number of likely N-dealkylation sites (tertiary alicyclic amines) is 1. The summed E-state index contributed by atoms with van der Waals surface area (Å²) in [5.41, 5.74) is 0.972. The lowest BCUT2D eigenvalue weighted by Gasteiger charge is -2.28. The number of benzene rings is 1. The molecule has 1 saturated heterocycles. The summed E-state index contributed by atoms with van der Waals surface area (Å²) < 4.78 is 17.1. The molecule has 26 heavy (non-hydrogen) atoms. The van der Waals surface area contributed by atoms with Crippen LogP contribution in [-0.2, 0) is 4.74 Å². The first-order valence-corrected chi connectivity index (χ1v) is 9.10. The molecular formula is C20H24N2O4. The van der Waals surface area contributed by atoms with Gasteiger partial charge in [0.15, 0.2) is 5.69 Å². The van der Waals surface area contributed by atoms with Gasteiger partial charge >= 0.3 is 0 Å². The lowest BCUT2D eigenvalue weighted by atomic mass is 10.0. The number of aryl methyl sites for hydroxylation is 1. The van der Waals surface area contributed by atoms with E-state index >= 15 is 0 Å². The number of hydrogen-bond donors (Lipinski definition) is 0. The van der Waals surface area contributed by atoms with E-state index in [2.05, 4.69) is 5.16 Å². The summed E-state index contributed by atoms with van der Waals surface area (Å²) in [6.07, 6.45) is 2.97. The second-order valence-electron chi connectivity index (χ2n) is 7.31. The number of carbonyl (C=O) groups excluding carboxylic acids is 1. The quantitative estimate of drug-likeness (QED) is 0.795. The molecule has 2 aliphatic rings. The van der Waals surface area contributed by atoms with Crippen LogP contribution in [-0.4, -0.2) is 48.4 Å². The van der Waals surface area contributed by atoms with Gasteiger partial charge in [-0.25, -0.2) is 0 Å². The Balaban J connectivity index is 1.41. The maximum Gasteiger partial charge on any atom is 0.276 e. The SMILES string of the molecule is CO[C@]1(COc2ccccc2C)CCN(C(=O)c2cc(C3CC3)on2)C1. The summed E-state index contributed by atoms with van der Waals surface area (Å²) in [6, 6.07) is 9.69. The van der Waals surface area contributed by atoms with Gasteiger partial charge in [0, 0.05) is 25.6 Å². The number of aromatic nitrogens is 1. The fourth-order valence-electron chi connectivity index (χ4n) is 3.40. The van der Waals surface area contributed by atoms with E-state index in [9.17, 15) is 4.79 Å². The molecule has 1 saturated carbocycles. The molecule has 1 aliphatic carbocycles. The average molecular weight is 356 g/mol. The highest BCUT2D eigenvalue weighted by molar-refractivity contribution is 5.92. The van der Waals surface area contributed by atoms with Crippen LogP contribution in [0, 0.1) is 6.92 Å². The number of methoxy groups -OCH3 is 1. The van der Waals surface area contributed by atoms with Gasteiger partial charge in [0.1, 0.15) is 23.7 Å². The summed E-state index contributed by atoms with van der Waals surface area (Å²) in [6.45, 7) is 3.53. The van der Waals surface area contributed by atoms with Gasteiger partial charge in [-0.2, -0.15) is 0 Å². The maximum absolute atomic E-state index is 12.7. The fraction of sp³-hybridized carbons (Fsp3) is 0.500. The lowest BCUT2D eigenvalue weighted by molar-refractivity contribution is -0.0344. The van der Waals surface area contributed by atoms with Crippen molar-refractivity contribution in [3.63, 3.8) is 0 Å². The normalized spacial score (nSPS) is 22.6. The van der Waals surface area contributed by atoms with Crippen molar-refractivity contribution in [2.75, 3.05) is 26.8 Å². The molecule has 1 atom stereocenters. The van der Waals surface area contributed by atoms with Crippen molar-refractivity contribution in [1.29, 1.82) is 0 Å². The minimum atomic E-state index is -0.499. The standard InChI is InChI=1S/C20H24N2O4/c1-14-5-3-4-6-17(14)25-13-20(24-2)9-10-22(12-20)19(23)16-11-18(26-21-16)15-7-8-15/h3-6,11,15H,7-10,12-13H2,1-2H3/t20-/m1/s1. The van der Waals surface area contributed by atoms with Crippen LogP contribution in [0.15, 0.2) is 34.9 Å². The Hall–Kier alpha value is -2.34. The Kier molecular flexibility index (Phi) is 4.44. The van der Waals surface area contributed by atoms with Gasteiger partial charge in [-0.3, -0.25) is 4.79 Å². The van der Waals surface area contributed by atoms with Gasteiger partial charge in [0.2, 0.25) is 0 Å². The summed E-state index contributed by atoms with van der Waals surface area (Å²) in [5, 5.41) is 3.96. The Labute approximate surface area is 153 Å². The molecule has 138 valence electrons. The third-order valence-electron chi connectivity index (χ3n) is 5.35. The smallest absolute Gasteiger partial charge is 0.276 e. The highest BCUT2D eigenvalue weighted by Gasteiger charge is 2.42. The van der Waals surface area contributed by atoms with E-state index in [-0.39, 0.29) is 5.91 Å². The molecule has 0 bridgehead atoms. The first-order valence-electron chi connectivity index (χ1n) is 9.10. The van der Waals surface area contributed by atoms with Crippen LogP contribution in [0.2, 0.25) is 0 Å². The summed E-state index contributed by atoms with van der Waals surface area (Å²) in [4.78, 5) is 14.5. The van der Waals surface area contributed by atoms with Gasteiger partial charge in [0.25, 0.3) is 5.91 Å². The molecule has 0 radical (unpaired) electrons. The van der Waals surface area contributed by atoms with Gasteiger partial charge in [0.05, 0.1) is 6.54 Å². The van der Waals surface area contributed by atoms with E-state index < -0.39 is 5.60 Å². The minimum Gasteiger partial charge on any atom is -0.490 e. The first kappa shape index (κ1) is 17.1. The molecule has 2 aromatic rings. The van der Waals surface area contributed by atoms with Gasteiger partial charge in [-0.1, -0.05) is 23.4 Å². The van der Waals surface area contributed by atoms with Gasteiger partial charge in [-0.05, 0) is 37.8 Å². The molecule has 1 aromatic heterocycles. The molecule has 2 heterocycles. The molecule has 1 amide bonds. The number of para-hydroxylation sites is 1. The number of ether oxygens (including phenoxy) is 2. The van der Waals surface area contributed by atoms with E-state index in [1.54, 1.807) is 18.1 Å². The van der Waals surface area contributed by atoms with Crippen molar-refractivity contribution in [3.8, 4) is 5.75 Å². The van der Waals surface area contributed by atoms with Crippen molar-refractivity contribution >= 4 is 5.91 Å². The minimum absolute atomic E-state index is 0.101. The topological polar surface area (TPSA) is 64.8 Å². The number of nitrogens with zero attached hydrogens (tertiary/aromatic N) is 2. The molecular weight excluding hydrogens is 332 g/mol. The van der Waals surface area contributed by atoms with Crippen LogP contribution in [0.5, 0.6) is 5.75 Å². The highest BCUT2D eigenvalue weighted by atomic mass is 16.5. The Morgan fingerprint density at radius 3 is 2.92 bits per heavy atom. The van der Waals surface area contributed by atoms with E-state index in [1.165, 1.54) is 0 Å². The number of amides is 1. The van der Waals surface area contributed by atoms with Crippen molar-refractivity contribution in [2.24, 2.45) is 0 Å². The van der Waals surface area contributed by atoms with Crippen LogP contribution in [0.3, 0.4) is 0 Å². The molecule has 0 spiro atoms. The van der Waals surface area contributed by atoms with Crippen LogP contribution in [0.25, 0.3) is 0 Å². The van der Waals surface area contributed by atoms with Crippen molar-refractivity contribution in [3.05, 3.63) is 47.3 Å². The van der Waals surface area contributed by atoms with Crippen LogP contribution in [0.1, 0.15) is 47.0 Å². The van der Waals surface area contributed by atoms with Crippen molar-refractivity contribution in [1.82, 2.24) is 10.1 Å².